The number of hydrogen-bond acceptors (Lipinski definition) is 2. The van der Waals surface area contributed by atoms with E-state index >= 15 is 0 Å². The molecule has 18 heavy (non-hydrogen) atoms. The van der Waals surface area contributed by atoms with Crippen molar-refractivity contribution in [3.05, 3.63) is 0 Å². The maximum absolute atomic E-state index is 12.4. The zero-order valence-electron chi connectivity index (χ0n) is 11.6. The van der Waals surface area contributed by atoms with Crippen LogP contribution in [0, 0.1) is 11.3 Å². The first-order valence-electron chi connectivity index (χ1n) is 7.25. The largest absolute Gasteiger partial charge is 0.342 e. The van der Waals surface area contributed by atoms with Crippen molar-refractivity contribution >= 4 is 11.9 Å². The summed E-state index contributed by atoms with van der Waals surface area (Å²) in [4.78, 5) is 14.1. The number of rotatable bonds is 4. The molecule has 0 bridgehead atoms. The van der Waals surface area contributed by atoms with Crippen molar-refractivity contribution < 1.29 is 4.79 Å². The summed E-state index contributed by atoms with van der Waals surface area (Å²) in [5, 5.41) is 11.1. The molecule has 1 aliphatic carbocycles. The van der Waals surface area contributed by atoms with Gasteiger partial charge in [-0.1, -0.05) is 32.6 Å². The van der Waals surface area contributed by atoms with E-state index in [9.17, 15) is 4.79 Å². The molecular formula is C14H25N3O. The van der Waals surface area contributed by atoms with Gasteiger partial charge < -0.3 is 5.32 Å². The SMILES string of the molecule is CCCC1(C)NC(=N)N(CC2CCCCC2)C1=O. The fourth-order valence-corrected chi connectivity index (χ4v) is 3.25. The molecule has 1 saturated carbocycles. The summed E-state index contributed by atoms with van der Waals surface area (Å²) in [5.74, 6) is 0.996. The standard InChI is InChI=1S/C14H25N3O/c1-3-9-14(2)12(18)17(13(15)16-14)10-11-7-5-4-6-8-11/h11H,3-10H2,1-2H3,(H2,15,16). The Labute approximate surface area is 110 Å². The van der Waals surface area contributed by atoms with Crippen molar-refractivity contribution in [2.45, 2.75) is 64.3 Å². The third kappa shape index (κ3) is 2.52. The van der Waals surface area contributed by atoms with Gasteiger partial charge in [-0.05, 0) is 32.1 Å². The molecule has 0 aromatic rings. The third-order valence-electron chi connectivity index (χ3n) is 4.30. The van der Waals surface area contributed by atoms with E-state index in [0.29, 0.717) is 11.9 Å². The van der Waals surface area contributed by atoms with E-state index in [1.165, 1.54) is 32.1 Å². The fourth-order valence-electron chi connectivity index (χ4n) is 3.25. The molecule has 2 fully saturated rings. The van der Waals surface area contributed by atoms with Crippen molar-refractivity contribution in [2.24, 2.45) is 5.92 Å². The molecular weight excluding hydrogens is 226 g/mol. The van der Waals surface area contributed by atoms with E-state index < -0.39 is 5.54 Å². The van der Waals surface area contributed by atoms with Crippen molar-refractivity contribution in [1.29, 1.82) is 5.41 Å². The van der Waals surface area contributed by atoms with Crippen LogP contribution in [0.3, 0.4) is 0 Å². The molecule has 1 unspecified atom stereocenters. The van der Waals surface area contributed by atoms with Gasteiger partial charge in [-0.15, -0.1) is 0 Å². The zero-order chi connectivity index (χ0) is 13.2. The summed E-state index contributed by atoms with van der Waals surface area (Å²) in [7, 11) is 0. The summed E-state index contributed by atoms with van der Waals surface area (Å²) in [6.07, 6.45) is 8.06. The normalized spacial score (nSPS) is 29.8. The maximum atomic E-state index is 12.4. The van der Waals surface area contributed by atoms with Crippen molar-refractivity contribution in [1.82, 2.24) is 10.2 Å². The highest BCUT2D eigenvalue weighted by molar-refractivity contribution is 6.07. The smallest absolute Gasteiger partial charge is 0.254 e. The number of nitrogens with one attached hydrogen (secondary N) is 2. The molecule has 1 atom stereocenters. The topological polar surface area (TPSA) is 56.2 Å². The van der Waals surface area contributed by atoms with E-state index in [2.05, 4.69) is 12.2 Å². The monoisotopic (exact) mass is 251 g/mol. The Balaban J connectivity index is 2.00. The van der Waals surface area contributed by atoms with E-state index in [-0.39, 0.29) is 5.91 Å². The molecule has 0 spiro atoms. The average Bonchev–Trinajstić information content (AvgIpc) is 2.55. The molecule has 1 heterocycles. The minimum absolute atomic E-state index is 0.0972. The number of guanidine groups is 1. The molecule has 0 aromatic heterocycles. The summed E-state index contributed by atoms with van der Waals surface area (Å²) >= 11 is 0. The molecule has 102 valence electrons. The zero-order valence-corrected chi connectivity index (χ0v) is 11.6. The quantitative estimate of drug-likeness (QED) is 0.806. The Kier molecular flexibility index (Phi) is 3.93. The van der Waals surface area contributed by atoms with Crippen molar-refractivity contribution in [3.8, 4) is 0 Å². The summed E-state index contributed by atoms with van der Waals surface area (Å²) in [6, 6.07) is 0. The number of nitrogens with zero attached hydrogens (tertiary/aromatic N) is 1. The van der Waals surface area contributed by atoms with Crippen LogP contribution in [0.5, 0.6) is 0 Å². The second kappa shape index (κ2) is 5.29. The van der Waals surface area contributed by atoms with Crippen LogP contribution in [-0.4, -0.2) is 28.9 Å². The molecule has 0 aromatic carbocycles. The Morgan fingerprint density at radius 3 is 2.67 bits per heavy atom. The molecule has 4 heteroatoms. The minimum Gasteiger partial charge on any atom is -0.342 e. The van der Waals surface area contributed by atoms with Gasteiger partial charge in [-0.25, -0.2) is 0 Å². The first-order valence-corrected chi connectivity index (χ1v) is 7.25. The minimum atomic E-state index is -0.541. The Hall–Kier alpha value is -1.06. The van der Waals surface area contributed by atoms with Crippen LogP contribution in [-0.2, 0) is 4.79 Å². The average molecular weight is 251 g/mol. The van der Waals surface area contributed by atoms with Gasteiger partial charge in [0.2, 0.25) is 0 Å². The predicted molar refractivity (Wildman–Crippen MR) is 72.5 cm³/mol. The Bertz CT molecular complexity index is 336. The van der Waals surface area contributed by atoms with Gasteiger partial charge in [0, 0.05) is 6.54 Å². The van der Waals surface area contributed by atoms with Gasteiger partial charge in [0.05, 0.1) is 0 Å². The molecule has 2 aliphatic rings. The summed E-state index contributed by atoms with van der Waals surface area (Å²) in [5.41, 5.74) is -0.541. The third-order valence-corrected chi connectivity index (χ3v) is 4.30. The van der Waals surface area contributed by atoms with Crippen LogP contribution >= 0.6 is 0 Å². The van der Waals surface area contributed by atoms with Crippen molar-refractivity contribution in [2.75, 3.05) is 6.54 Å². The van der Waals surface area contributed by atoms with Gasteiger partial charge in [-0.3, -0.25) is 15.1 Å². The van der Waals surface area contributed by atoms with Crippen LogP contribution < -0.4 is 5.32 Å². The van der Waals surface area contributed by atoms with Crippen LogP contribution in [0.1, 0.15) is 58.8 Å². The predicted octanol–water partition coefficient (Wildman–Crippen LogP) is 2.49. The van der Waals surface area contributed by atoms with E-state index in [4.69, 9.17) is 5.41 Å². The molecule has 1 aliphatic heterocycles. The van der Waals surface area contributed by atoms with Crippen LogP contribution in [0.25, 0.3) is 0 Å². The fraction of sp³-hybridized carbons (Fsp3) is 0.857. The highest BCUT2D eigenvalue weighted by Gasteiger charge is 2.45. The van der Waals surface area contributed by atoms with E-state index in [0.717, 1.165) is 19.4 Å². The lowest BCUT2D eigenvalue weighted by molar-refractivity contribution is -0.131. The first kappa shape index (κ1) is 13.4. The second-order valence-corrected chi connectivity index (χ2v) is 5.98. The lowest BCUT2D eigenvalue weighted by Gasteiger charge is -2.27. The number of carbonyl (C=O) groups excluding carboxylic acids is 1. The van der Waals surface area contributed by atoms with Crippen LogP contribution in [0.4, 0.5) is 0 Å². The van der Waals surface area contributed by atoms with Gasteiger partial charge >= 0.3 is 0 Å². The summed E-state index contributed by atoms with van der Waals surface area (Å²) < 4.78 is 0. The Morgan fingerprint density at radius 1 is 1.39 bits per heavy atom. The van der Waals surface area contributed by atoms with Gasteiger partial charge in [0.15, 0.2) is 5.96 Å². The Morgan fingerprint density at radius 2 is 2.06 bits per heavy atom. The van der Waals surface area contributed by atoms with Crippen molar-refractivity contribution in [3.63, 3.8) is 0 Å². The molecule has 2 N–H and O–H groups in total. The highest BCUT2D eigenvalue weighted by atomic mass is 16.2. The van der Waals surface area contributed by atoms with Gasteiger partial charge in [0.25, 0.3) is 5.91 Å². The number of hydrogen-bond donors (Lipinski definition) is 2. The lowest BCUT2D eigenvalue weighted by atomic mass is 9.88. The maximum Gasteiger partial charge on any atom is 0.254 e. The van der Waals surface area contributed by atoms with Crippen LogP contribution in [0.15, 0.2) is 0 Å². The molecule has 1 saturated heterocycles. The number of amides is 1. The van der Waals surface area contributed by atoms with Gasteiger partial charge in [0.1, 0.15) is 5.54 Å². The molecule has 1 amide bonds. The number of carbonyl (C=O) groups is 1. The first-order chi connectivity index (χ1) is 8.57. The van der Waals surface area contributed by atoms with Crippen LogP contribution in [0.2, 0.25) is 0 Å². The molecule has 2 rings (SSSR count). The van der Waals surface area contributed by atoms with Gasteiger partial charge in [-0.2, -0.15) is 0 Å². The van der Waals surface area contributed by atoms with E-state index in [1.54, 1.807) is 4.90 Å². The summed E-state index contributed by atoms with van der Waals surface area (Å²) in [6.45, 7) is 4.74. The molecule has 4 nitrogen and oxygen atoms in total. The lowest BCUT2D eigenvalue weighted by Crippen LogP contribution is -2.44. The van der Waals surface area contributed by atoms with E-state index in [1.807, 2.05) is 6.92 Å². The second-order valence-electron chi connectivity index (χ2n) is 5.98. The highest BCUT2D eigenvalue weighted by Crippen LogP contribution is 2.28. The molecule has 0 radical (unpaired) electrons.